The van der Waals surface area contributed by atoms with Crippen LogP contribution in [-0.4, -0.2) is 20.6 Å². The highest BCUT2D eigenvalue weighted by atomic mass is 16.3. The Balaban J connectivity index is 1.44. The zero-order valence-corrected chi connectivity index (χ0v) is 24.9. The molecule has 3 aromatic carbocycles. The number of benzene rings is 3. The average Bonchev–Trinajstić information content (AvgIpc) is 3.64. The molecule has 0 aliphatic carbocycles. The van der Waals surface area contributed by atoms with E-state index in [0.717, 1.165) is 17.1 Å². The molecular formula is C35H40N4O. The Morgan fingerprint density at radius 2 is 1.55 bits per heavy atom. The summed E-state index contributed by atoms with van der Waals surface area (Å²) in [6.45, 7) is 18.2. The second kappa shape index (κ2) is 9.58. The van der Waals surface area contributed by atoms with E-state index in [1.807, 2.05) is 12.3 Å². The van der Waals surface area contributed by atoms with Crippen LogP contribution in [0.25, 0.3) is 27.6 Å². The Morgan fingerprint density at radius 3 is 2.25 bits per heavy atom. The molecule has 0 saturated heterocycles. The van der Waals surface area contributed by atoms with Gasteiger partial charge in [-0.1, -0.05) is 70.2 Å². The summed E-state index contributed by atoms with van der Waals surface area (Å²) in [6, 6.07) is 19.4. The van der Waals surface area contributed by atoms with Crippen LogP contribution in [0.1, 0.15) is 82.6 Å². The van der Waals surface area contributed by atoms with E-state index in [-0.39, 0.29) is 11.7 Å². The molecule has 1 atom stereocenters. The van der Waals surface area contributed by atoms with Crippen LogP contribution in [0.3, 0.4) is 0 Å². The van der Waals surface area contributed by atoms with E-state index in [1.54, 1.807) is 0 Å². The van der Waals surface area contributed by atoms with Crippen molar-refractivity contribution in [3.63, 3.8) is 0 Å². The van der Waals surface area contributed by atoms with E-state index in [0.29, 0.717) is 11.8 Å². The molecule has 40 heavy (non-hydrogen) atoms. The molecule has 0 saturated carbocycles. The Bertz CT molecular complexity index is 1710. The van der Waals surface area contributed by atoms with Gasteiger partial charge >= 0.3 is 0 Å². The lowest BCUT2D eigenvalue weighted by Gasteiger charge is -2.42. The average molecular weight is 533 g/mol. The second-order valence-corrected chi connectivity index (χ2v) is 12.2. The van der Waals surface area contributed by atoms with Gasteiger partial charge in [-0.15, -0.1) is 0 Å². The van der Waals surface area contributed by atoms with Crippen LogP contribution >= 0.6 is 0 Å². The van der Waals surface area contributed by atoms with Gasteiger partial charge in [0.05, 0.1) is 11.2 Å². The third-order valence-electron chi connectivity index (χ3n) is 8.64. The van der Waals surface area contributed by atoms with E-state index in [2.05, 4.69) is 137 Å². The third kappa shape index (κ3) is 3.94. The molecule has 3 heterocycles. The van der Waals surface area contributed by atoms with Gasteiger partial charge in [0, 0.05) is 35.6 Å². The highest BCUT2D eigenvalue weighted by molar-refractivity contribution is 6.07. The van der Waals surface area contributed by atoms with Gasteiger partial charge < -0.3 is 9.32 Å². The summed E-state index contributed by atoms with van der Waals surface area (Å²) in [6.07, 6.45) is 8.49. The second-order valence-electron chi connectivity index (χ2n) is 12.2. The first-order valence-electron chi connectivity index (χ1n) is 14.4. The Hall–Kier alpha value is -3.99. The summed E-state index contributed by atoms with van der Waals surface area (Å²) in [4.78, 5) is 9.66. The molecule has 206 valence electrons. The summed E-state index contributed by atoms with van der Waals surface area (Å²) in [7, 11) is 0. The van der Waals surface area contributed by atoms with Crippen molar-refractivity contribution in [3.05, 3.63) is 102 Å². The smallest absolute Gasteiger partial charge is 0.216 e. The Kier molecular flexibility index (Phi) is 6.29. The van der Waals surface area contributed by atoms with Crippen LogP contribution in [0.15, 0.2) is 83.8 Å². The summed E-state index contributed by atoms with van der Waals surface area (Å²) in [5.41, 5.74) is 8.05. The first-order valence-corrected chi connectivity index (χ1v) is 14.4. The van der Waals surface area contributed by atoms with Gasteiger partial charge in [-0.2, -0.15) is 0 Å². The van der Waals surface area contributed by atoms with Crippen LogP contribution < -0.4 is 4.90 Å². The minimum Gasteiger partial charge on any atom is -0.456 e. The van der Waals surface area contributed by atoms with Crippen molar-refractivity contribution in [3.8, 4) is 5.69 Å². The summed E-state index contributed by atoms with van der Waals surface area (Å²) in [5.74, 6) is 1.74. The van der Waals surface area contributed by atoms with Crippen molar-refractivity contribution in [2.75, 3.05) is 4.90 Å². The number of aryl methyl sites for hydroxylation is 1. The van der Waals surface area contributed by atoms with Gasteiger partial charge in [-0.05, 0) is 73.9 Å². The largest absolute Gasteiger partial charge is 0.456 e. The normalized spacial score (nSPS) is 16.0. The zero-order valence-electron chi connectivity index (χ0n) is 24.9. The van der Waals surface area contributed by atoms with Crippen molar-refractivity contribution in [1.82, 2.24) is 14.5 Å². The van der Waals surface area contributed by atoms with E-state index >= 15 is 0 Å². The van der Waals surface area contributed by atoms with E-state index in [1.165, 1.54) is 38.7 Å². The Labute approximate surface area is 237 Å². The van der Waals surface area contributed by atoms with Gasteiger partial charge in [-0.25, -0.2) is 4.98 Å². The number of anilines is 1. The predicted octanol–water partition coefficient (Wildman–Crippen LogP) is 9.20. The third-order valence-corrected chi connectivity index (χ3v) is 8.64. The molecule has 0 unspecified atom stereocenters. The number of furan rings is 1. The highest BCUT2D eigenvalue weighted by Crippen LogP contribution is 2.44. The number of rotatable bonds is 6. The first kappa shape index (κ1) is 26.2. The van der Waals surface area contributed by atoms with E-state index < -0.39 is 0 Å². The number of hydrogen-bond acceptors (Lipinski definition) is 4. The molecular weight excluding hydrogens is 492 g/mol. The van der Waals surface area contributed by atoms with E-state index in [4.69, 9.17) is 9.40 Å². The maximum Gasteiger partial charge on any atom is 0.216 e. The SMILES string of the molecule is Cc1ccc2oc3ccccc3c2c1C(C)(C)N1C=CN(c2nccn2-c2c(C(C)C)cccc2C(C)C)[C@H]1C. The van der Waals surface area contributed by atoms with Crippen molar-refractivity contribution >= 4 is 27.9 Å². The molecule has 1 aliphatic heterocycles. The number of para-hydroxylation sites is 2. The van der Waals surface area contributed by atoms with Gasteiger partial charge in [0.15, 0.2) is 0 Å². The molecule has 0 bridgehead atoms. The Morgan fingerprint density at radius 1 is 0.850 bits per heavy atom. The molecule has 0 amide bonds. The maximum absolute atomic E-state index is 6.28. The number of hydrogen-bond donors (Lipinski definition) is 0. The van der Waals surface area contributed by atoms with Crippen LogP contribution in [0.2, 0.25) is 0 Å². The van der Waals surface area contributed by atoms with Crippen LogP contribution in [0.4, 0.5) is 5.95 Å². The first-order chi connectivity index (χ1) is 19.1. The molecule has 2 aromatic heterocycles. The summed E-state index contributed by atoms with van der Waals surface area (Å²) in [5, 5.41) is 2.37. The van der Waals surface area contributed by atoms with Crippen LogP contribution in [0.5, 0.6) is 0 Å². The maximum atomic E-state index is 6.28. The van der Waals surface area contributed by atoms with Gasteiger partial charge in [0.1, 0.15) is 17.3 Å². The van der Waals surface area contributed by atoms with Crippen LogP contribution in [-0.2, 0) is 5.54 Å². The number of nitrogens with zero attached hydrogens (tertiary/aromatic N) is 4. The minimum absolute atomic E-state index is 0.0534. The van der Waals surface area contributed by atoms with Crippen molar-refractivity contribution in [2.45, 2.75) is 78.9 Å². The standard InChI is InChI=1S/C35H40N4O/c1-22(2)26-13-11-14-27(23(3)4)33(26)38-19-18-36-34(38)37-20-21-39(25(37)6)35(7,8)32-24(5)16-17-30-31(32)28-12-9-10-15-29(28)40-30/h9-23,25H,1-8H3/t25-/m1/s1. The monoisotopic (exact) mass is 532 g/mol. The molecule has 1 aliphatic rings. The fourth-order valence-corrected chi connectivity index (χ4v) is 6.70. The quantitative estimate of drug-likeness (QED) is 0.218. The fourth-order valence-electron chi connectivity index (χ4n) is 6.70. The lowest BCUT2D eigenvalue weighted by Crippen LogP contribution is -2.47. The summed E-state index contributed by atoms with van der Waals surface area (Å²) < 4.78 is 8.57. The molecule has 5 nitrogen and oxygen atoms in total. The molecule has 0 fully saturated rings. The molecule has 5 aromatic rings. The molecule has 6 rings (SSSR count). The lowest BCUT2D eigenvalue weighted by atomic mass is 9.85. The number of aromatic nitrogens is 2. The number of fused-ring (bicyclic) bond motifs is 3. The molecule has 0 spiro atoms. The minimum atomic E-state index is -0.308. The predicted molar refractivity (Wildman–Crippen MR) is 166 cm³/mol. The van der Waals surface area contributed by atoms with Crippen molar-refractivity contribution < 1.29 is 4.42 Å². The zero-order chi connectivity index (χ0) is 28.3. The van der Waals surface area contributed by atoms with Gasteiger partial charge in [-0.3, -0.25) is 9.47 Å². The molecule has 5 heteroatoms. The van der Waals surface area contributed by atoms with Gasteiger partial charge in [0.2, 0.25) is 5.95 Å². The topological polar surface area (TPSA) is 37.4 Å². The fraction of sp³-hybridized carbons (Fsp3) is 0.343. The van der Waals surface area contributed by atoms with Gasteiger partial charge in [0.25, 0.3) is 0 Å². The summed E-state index contributed by atoms with van der Waals surface area (Å²) >= 11 is 0. The van der Waals surface area contributed by atoms with Crippen LogP contribution in [0, 0.1) is 6.92 Å². The number of imidazole rings is 1. The molecule has 0 radical (unpaired) electrons. The lowest BCUT2D eigenvalue weighted by molar-refractivity contribution is 0.153. The van der Waals surface area contributed by atoms with Crippen molar-refractivity contribution in [1.29, 1.82) is 0 Å². The highest BCUT2D eigenvalue weighted by Gasteiger charge is 2.39. The van der Waals surface area contributed by atoms with E-state index in [9.17, 15) is 0 Å². The van der Waals surface area contributed by atoms with Crippen molar-refractivity contribution in [2.24, 2.45) is 0 Å². The molecule has 0 N–H and O–H groups in total.